The molecule has 1 aliphatic heterocycles. The predicted octanol–water partition coefficient (Wildman–Crippen LogP) is 1.64. The number of ether oxygens (including phenoxy) is 1. The molecule has 0 N–H and O–H groups in total. The lowest BCUT2D eigenvalue weighted by Gasteiger charge is -2.12. The molecule has 1 aliphatic rings. The van der Waals surface area contributed by atoms with Gasteiger partial charge in [-0.1, -0.05) is 13.3 Å². The van der Waals surface area contributed by atoms with Crippen LogP contribution in [0.4, 0.5) is 0 Å². The summed E-state index contributed by atoms with van der Waals surface area (Å²) in [7, 11) is 0. The van der Waals surface area contributed by atoms with Gasteiger partial charge in [-0.05, 0) is 18.8 Å². The van der Waals surface area contributed by atoms with Crippen molar-refractivity contribution in [2.45, 2.75) is 26.7 Å². The van der Waals surface area contributed by atoms with Gasteiger partial charge in [0.25, 0.3) is 0 Å². The van der Waals surface area contributed by atoms with Crippen LogP contribution in [-0.2, 0) is 9.53 Å². The molecule has 1 fully saturated rings. The third-order valence-corrected chi connectivity index (χ3v) is 2.40. The first-order valence-corrected chi connectivity index (χ1v) is 4.31. The summed E-state index contributed by atoms with van der Waals surface area (Å²) >= 11 is 0. The van der Waals surface area contributed by atoms with E-state index >= 15 is 0 Å². The van der Waals surface area contributed by atoms with Crippen LogP contribution in [0, 0.1) is 11.8 Å². The Morgan fingerprint density at radius 3 is 2.64 bits per heavy atom. The van der Waals surface area contributed by atoms with E-state index in [1.165, 1.54) is 0 Å². The Morgan fingerprint density at radius 1 is 1.45 bits per heavy atom. The van der Waals surface area contributed by atoms with Gasteiger partial charge in [-0.15, -0.1) is 0 Å². The van der Waals surface area contributed by atoms with E-state index in [1.807, 2.05) is 0 Å². The highest BCUT2D eigenvalue weighted by Crippen LogP contribution is 2.26. The van der Waals surface area contributed by atoms with Crippen LogP contribution in [0.5, 0.6) is 0 Å². The molecule has 0 aromatic rings. The number of Topliss-reactive ketones (excluding diaryl/α,β-unsaturated/α-hetero) is 1. The molecule has 0 unspecified atom stereocenters. The van der Waals surface area contributed by atoms with Crippen molar-refractivity contribution in [2.75, 3.05) is 13.2 Å². The third-order valence-electron chi connectivity index (χ3n) is 2.40. The number of ketones is 1. The molecular formula is C9H16O2. The van der Waals surface area contributed by atoms with Crippen LogP contribution in [0.25, 0.3) is 0 Å². The fourth-order valence-corrected chi connectivity index (χ4v) is 1.69. The summed E-state index contributed by atoms with van der Waals surface area (Å²) in [6.07, 6.45) is 1.84. The van der Waals surface area contributed by atoms with Crippen molar-refractivity contribution in [3.05, 3.63) is 0 Å². The molecule has 0 spiro atoms. The Bertz CT molecular complexity index is 142. The minimum atomic E-state index is 0.291. The van der Waals surface area contributed by atoms with Gasteiger partial charge in [0.2, 0.25) is 0 Å². The Kier molecular flexibility index (Phi) is 3.06. The monoisotopic (exact) mass is 156 g/mol. The normalized spacial score (nSPS) is 30.7. The molecule has 2 atom stereocenters. The summed E-state index contributed by atoms with van der Waals surface area (Å²) < 4.78 is 5.31. The van der Waals surface area contributed by atoms with Crippen molar-refractivity contribution in [3.63, 3.8) is 0 Å². The molecule has 2 nitrogen and oxygen atoms in total. The average Bonchev–Trinajstić information content (AvgIpc) is 2.34. The summed E-state index contributed by atoms with van der Waals surface area (Å²) in [6.45, 7) is 5.46. The van der Waals surface area contributed by atoms with Gasteiger partial charge < -0.3 is 9.53 Å². The van der Waals surface area contributed by atoms with Crippen LogP contribution in [0.2, 0.25) is 0 Å². The fraction of sp³-hybridized carbons (Fsp3) is 0.889. The van der Waals surface area contributed by atoms with Gasteiger partial charge in [0, 0.05) is 13.0 Å². The Labute approximate surface area is 67.9 Å². The zero-order chi connectivity index (χ0) is 8.27. The van der Waals surface area contributed by atoms with Crippen LogP contribution in [0.3, 0.4) is 0 Å². The molecule has 0 aromatic carbocycles. The third kappa shape index (κ3) is 2.29. The highest BCUT2D eigenvalue weighted by molar-refractivity contribution is 5.75. The van der Waals surface area contributed by atoms with Crippen molar-refractivity contribution >= 4 is 5.78 Å². The van der Waals surface area contributed by atoms with Crippen LogP contribution in [0.1, 0.15) is 26.7 Å². The van der Waals surface area contributed by atoms with Crippen molar-refractivity contribution < 1.29 is 9.53 Å². The predicted molar refractivity (Wildman–Crippen MR) is 43.4 cm³/mol. The first kappa shape index (κ1) is 8.72. The van der Waals surface area contributed by atoms with Crippen molar-refractivity contribution in [3.8, 4) is 0 Å². The zero-order valence-electron chi connectivity index (χ0n) is 7.30. The minimum absolute atomic E-state index is 0.291. The maximum absolute atomic E-state index is 10.8. The lowest BCUT2D eigenvalue weighted by molar-refractivity contribution is -0.118. The molecule has 0 amide bonds. The van der Waals surface area contributed by atoms with Gasteiger partial charge in [-0.25, -0.2) is 0 Å². The second-order valence-electron chi connectivity index (χ2n) is 3.37. The van der Waals surface area contributed by atoms with E-state index in [4.69, 9.17) is 4.74 Å². The van der Waals surface area contributed by atoms with Crippen LogP contribution < -0.4 is 0 Å². The van der Waals surface area contributed by atoms with Gasteiger partial charge >= 0.3 is 0 Å². The molecule has 64 valence electrons. The van der Waals surface area contributed by atoms with Crippen LogP contribution in [-0.4, -0.2) is 19.0 Å². The van der Waals surface area contributed by atoms with E-state index in [1.54, 1.807) is 6.92 Å². The Morgan fingerprint density at radius 2 is 2.09 bits per heavy atom. The number of rotatable bonds is 3. The van der Waals surface area contributed by atoms with E-state index in [9.17, 15) is 4.79 Å². The van der Waals surface area contributed by atoms with E-state index < -0.39 is 0 Å². The molecule has 0 saturated carbocycles. The number of carbonyl (C=O) groups is 1. The van der Waals surface area contributed by atoms with Crippen LogP contribution >= 0.6 is 0 Å². The van der Waals surface area contributed by atoms with Gasteiger partial charge in [0.05, 0.1) is 6.61 Å². The molecule has 1 rings (SSSR count). The smallest absolute Gasteiger partial charge is 0.130 e. The van der Waals surface area contributed by atoms with E-state index in [0.29, 0.717) is 24.0 Å². The second kappa shape index (κ2) is 3.86. The second-order valence-corrected chi connectivity index (χ2v) is 3.37. The average molecular weight is 156 g/mol. The Balaban J connectivity index is 2.37. The summed E-state index contributed by atoms with van der Waals surface area (Å²) in [5.74, 6) is 1.41. The molecule has 0 aliphatic carbocycles. The van der Waals surface area contributed by atoms with Gasteiger partial charge in [-0.3, -0.25) is 0 Å². The van der Waals surface area contributed by atoms with E-state index in [-0.39, 0.29) is 0 Å². The van der Waals surface area contributed by atoms with Gasteiger partial charge in [-0.2, -0.15) is 0 Å². The first-order chi connectivity index (χ1) is 5.24. The molecule has 1 saturated heterocycles. The van der Waals surface area contributed by atoms with Crippen molar-refractivity contribution in [2.24, 2.45) is 11.8 Å². The highest BCUT2D eigenvalue weighted by atomic mass is 16.5. The van der Waals surface area contributed by atoms with Crippen LogP contribution in [0.15, 0.2) is 0 Å². The van der Waals surface area contributed by atoms with Gasteiger partial charge in [0.1, 0.15) is 5.78 Å². The number of hydrogen-bond acceptors (Lipinski definition) is 2. The Hall–Kier alpha value is -0.370. The maximum Gasteiger partial charge on any atom is 0.130 e. The standard InChI is InChI=1S/C9H16O2/c1-3-8-5-11-6-9(8)4-7(2)10/h8-9H,3-6H2,1-2H3/t8-,9-/m0/s1. The molecular weight excluding hydrogens is 140 g/mol. The highest BCUT2D eigenvalue weighted by Gasteiger charge is 2.27. The SMILES string of the molecule is CC[C@H]1COC[C@@H]1CC(C)=O. The number of hydrogen-bond donors (Lipinski definition) is 0. The largest absolute Gasteiger partial charge is 0.381 e. The van der Waals surface area contributed by atoms with Crippen molar-refractivity contribution in [1.82, 2.24) is 0 Å². The van der Waals surface area contributed by atoms with Crippen molar-refractivity contribution in [1.29, 1.82) is 0 Å². The quantitative estimate of drug-likeness (QED) is 0.621. The minimum Gasteiger partial charge on any atom is -0.381 e. The topological polar surface area (TPSA) is 26.3 Å². The molecule has 0 radical (unpaired) electrons. The molecule has 0 aromatic heterocycles. The molecule has 0 bridgehead atoms. The summed E-state index contributed by atoms with van der Waals surface area (Å²) in [6, 6.07) is 0. The molecule has 11 heavy (non-hydrogen) atoms. The fourth-order valence-electron chi connectivity index (χ4n) is 1.69. The summed E-state index contributed by atoms with van der Waals surface area (Å²) in [5, 5.41) is 0. The lowest BCUT2D eigenvalue weighted by atomic mass is 9.90. The first-order valence-electron chi connectivity index (χ1n) is 4.31. The zero-order valence-corrected chi connectivity index (χ0v) is 7.30. The lowest BCUT2D eigenvalue weighted by Crippen LogP contribution is -2.14. The molecule has 2 heteroatoms. The summed E-state index contributed by atoms with van der Waals surface area (Å²) in [5.41, 5.74) is 0. The van der Waals surface area contributed by atoms with E-state index in [0.717, 1.165) is 19.6 Å². The van der Waals surface area contributed by atoms with Gasteiger partial charge in [0.15, 0.2) is 0 Å². The maximum atomic E-state index is 10.8. The summed E-state index contributed by atoms with van der Waals surface area (Å²) in [4.78, 5) is 10.8. The number of carbonyl (C=O) groups excluding carboxylic acids is 1. The molecule has 1 heterocycles. The van der Waals surface area contributed by atoms with E-state index in [2.05, 4.69) is 6.92 Å².